The normalized spacial score (nSPS) is 21.5. The number of nitrogens with one attached hydrogen (secondary N) is 2. The highest BCUT2D eigenvalue weighted by Crippen LogP contribution is 2.37. The Hall–Kier alpha value is -2.89. The van der Waals surface area contributed by atoms with Gasteiger partial charge in [-0.1, -0.05) is 12.5 Å². The molecule has 168 valence electrons. The van der Waals surface area contributed by atoms with Gasteiger partial charge in [0.25, 0.3) is 0 Å². The Labute approximate surface area is 185 Å². The molecule has 1 aliphatic heterocycles. The van der Waals surface area contributed by atoms with Crippen LogP contribution in [-0.2, 0) is 9.53 Å². The van der Waals surface area contributed by atoms with Crippen LogP contribution in [0.5, 0.6) is 0 Å². The Kier molecular flexibility index (Phi) is 8.60. The predicted molar refractivity (Wildman–Crippen MR) is 130 cm³/mol. The molecule has 0 bridgehead atoms. The first kappa shape index (κ1) is 24.4. The molecule has 0 saturated heterocycles. The minimum Gasteiger partial charge on any atom is -0.469 e. The standard InChI is InChI=1S/C25H36N4O2/c1-15(2)21(27-7)14-23-17(4)19(9-10-24(30)31-8)25(29-23)18(5)22-13-16(3)20(28-22)11-12-26-6/h11-14,17,19,27-28H,9-10H2,1-8H3/b20-11-,22-18-,23-14-,26-12?/t17-,19-/m0/s1. The van der Waals surface area contributed by atoms with Gasteiger partial charge in [-0.05, 0) is 63.5 Å². The smallest absolute Gasteiger partial charge is 0.305 e. The number of methoxy groups -OCH3 is 1. The van der Waals surface area contributed by atoms with Crippen LogP contribution in [0.3, 0.4) is 0 Å². The van der Waals surface area contributed by atoms with Gasteiger partial charge in [-0.25, -0.2) is 0 Å². The van der Waals surface area contributed by atoms with Crippen molar-refractivity contribution in [2.45, 2.75) is 47.5 Å². The van der Waals surface area contributed by atoms with Gasteiger partial charge in [0.1, 0.15) is 0 Å². The minimum absolute atomic E-state index is 0.147. The Morgan fingerprint density at radius 2 is 2.06 bits per heavy atom. The molecule has 6 nitrogen and oxygen atoms in total. The summed E-state index contributed by atoms with van der Waals surface area (Å²) >= 11 is 0. The van der Waals surface area contributed by atoms with Gasteiger partial charge in [0.2, 0.25) is 0 Å². The molecular formula is C25H36N4O2. The third-order valence-corrected chi connectivity index (χ3v) is 5.89. The van der Waals surface area contributed by atoms with Gasteiger partial charge in [0.15, 0.2) is 0 Å². The van der Waals surface area contributed by atoms with E-state index in [0.717, 1.165) is 38.9 Å². The number of aromatic nitrogens is 1. The van der Waals surface area contributed by atoms with Gasteiger partial charge in [-0.2, -0.15) is 0 Å². The highest BCUT2D eigenvalue weighted by atomic mass is 16.5. The molecule has 0 unspecified atom stereocenters. The van der Waals surface area contributed by atoms with Crippen LogP contribution in [0.4, 0.5) is 0 Å². The fraction of sp³-hybridized carbons (Fsp3) is 0.480. The van der Waals surface area contributed by atoms with Crippen molar-refractivity contribution in [1.82, 2.24) is 10.3 Å². The van der Waals surface area contributed by atoms with E-state index in [-0.39, 0.29) is 17.8 Å². The lowest BCUT2D eigenvalue weighted by atomic mass is 9.84. The summed E-state index contributed by atoms with van der Waals surface area (Å²) in [6, 6.07) is 2.14. The number of allylic oxidation sites excluding steroid dienone is 3. The molecule has 1 aromatic rings. The fourth-order valence-electron chi connectivity index (χ4n) is 3.91. The van der Waals surface area contributed by atoms with Gasteiger partial charge in [0, 0.05) is 66.4 Å². The van der Waals surface area contributed by atoms with E-state index in [1.54, 1.807) is 13.3 Å². The molecule has 0 aliphatic carbocycles. The summed E-state index contributed by atoms with van der Waals surface area (Å²) in [6.45, 7) is 10.5. The van der Waals surface area contributed by atoms with Crippen molar-refractivity contribution in [2.75, 3.05) is 21.2 Å². The molecule has 6 heteroatoms. The van der Waals surface area contributed by atoms with E-state index in [4.69, 9.17) is 9.73 Å². The summed E-state index contributed by atoms with van der Waals surface area (Å²) in [5.41, 5.74) is 6.60. The molecule has 31 heavy (non-hydrogen) atoms. The van der Waals surface area contributed by atoms with Gasteiger partial charge in [-0.15, -0.1) is 0 Å². The van der Waals surface area contributed by atoms with Gasteiger partial charge >= 0.3 is 5.97 Å². The highest BCUT2D eigenvalue weighted by molar-refractivity contribution is 6.20. The van der Waals surface area contributed by atoms with E-state index in [9.17, 15) is 4.79 Å². The number of hydrogen-bond donors (Lipinski definition) is 2. The van der Waals surface area contributed by atoms with Crippen molar-refractivity contribution < 1.29 is 9.53 Å². The molecule has 2 N–H and O–H groups in total. The lowest BCUT2D eigenvalue weighted by Crippen LogP contribution is -2.23. The fourth-order valence-corrected chi connectivity index (χ4v) is 3.91. The largest absolute Gasteiger partial charge is 0.469 e. The second-order valence-corrected chi connectivity index (χ2v) is 8.22. The zero-order valence-electron chi connectivity index (χ0n) is 20.1. The number of aryl methyl sites for hydroxylation is 1. The molecule has 0 spiro atoms. The van der Waals surface area contributed by atoms with E-state index in [0.29, 0.717) is 12.8 Å². The number of carbonyl (C=O) groups excluding carboxylic acids is 1. The first-order valence-corrected chi connectivity index (χ1v) is 10.7. The summed E-state index contributed by atoms with van der Waals surface area (Å²) in [4.78, 5) is 24.4. The predicted octanol–water partition coefficient (Wildman–Crippen LogP) is 3.03. The number of H-pyrrole nitrogens is 1. The summed E-state index contributed by atoms with van der Waals surface area (Å²) in [7, 11) is 5.12. The average molecular weight is 425 g/mol. The number of hydrogen-bond acceptors (Lipinski definition) is 5. The maximum Gasteiger partial charge on any atom is 0.305 e. The molecule has 0 saturated carbocycles. The van der Waals surface area contributed by atoms with Gasteiger partial charge in [-0.3, -0.25) is 14.8 Å². The number of ether oxygens (including phenoxy) is 1. The number of aromatic amines is 1. The van der Waals surface area contributed by atoms with Crippen LogP contribution in [0.25, 0.3) is 11.6 Å². The number of nitrogens with zero attached hydrogens (tertiary/aromatic N) is 2. The molecular weight excluding hydrogens is 388 g/mol. The average Bonchev–Trinajstić information content (AvgIpc) is 3.27. The van der Waals surface area contributed by atoms with Crippen molar-refractivity contribution in [3.05, 3.63) is 45.4 Å². The monoisotopic (exact) mass is 424 g/mol. The van der Waals surface area contributed by atoms with Crippen LogP contribution >= 0.6 is 0 Å². The Morgan fingerprint density at radius 1 is 1.35 bits per heavy atom. The van der Waals surface area contributed by atoms with Crippen molar-refractivity contribution in [3.63, 3.8) is 0 Å². The summed E-state index contributed by atoms with van der Waals surface area (Å²) in [6.07, 6.45) is 6.96. The third-order valence-electron chi connectivity index (χ3n) is 5.89. The zero-order chi connectivity index (χ0) is 23.1. The van der Waals surface area contributed by atoms with Crippen molar-refractivity contribution >= 4 is 29.5 Å². The van der Waals surface area contributed by atoms with Crippen LogP contribution in [0, 0.1) is 18.8 Å². The Bertz CT molecular complexity index is 1050. The minimum atomic E-state index is -0.187. The number of esters is 1. The van der Waals surface area contributed by atoms with E-state index >= 15 is 0 Å². The SMILES string of the molecule is CN=C/C=c1\[nH]/c(=C(/C)C2=N/C(=C\C(NC)=C(C)C)[C@@H](C)[C@@H]2CCC(=O)OC)cc1C. The maximum atomic E-state index is 11.8. The van der Waals surface area contributed by atoms with E-state index in [1.807, 2.05) is 13.1 Å². The van der Waals surface area contributed by atoms with E-state index < -0.39 is 0 Å². The molecule has 2 heterocycles. The van der Waals surface area contributed by atoms with Crippen molar-refractivity contribution in [2.24, 2.45) is 21.8 Å². The molecule has 1 aromatic heterocycles. The highest BCUT2D eigenvalue weighted by Gasteiger charge is 2.33. The molecule has 2 atom stereocenters. The lowest BCUT2D eigenvalue weighted by Gasteiger charge is -2.18. The Morgan fingerprint density at radius 3 is 2.65 bits per heavy atom. The van der Waals surface area contributed by atoms with Crippen molar-refractivity contribution in [3.8, 4) is 0 Å². The number of likely N-dealkylation sites (N-methyl/N-ethyl adjacent to an activating group) is 1. The molecule has 0 fully saturated rings. The number of rotatable bonds is 7. The van der Waals surface area contributed by atoms with Crippen LogP contribution < -0.4 is 16.0 Å². The summed E-state index contributed by atoms with van der Waals surface area (Å²) in [5.74, 6) is 0.161. The third kappa shape index (κ3) is 5.84. The Balaban J connectivity index is 2.60. The molecule has 2 rings (SSSR count). The quantitative estimate of drug-likeness (QED) is 0.522. The molecule has 0 amide bonds. The lowest BCUT2D eigenvalue weighted by molar-refractivity contribution is -0.140. The number of aliphatic imine (C=N–C) groups is 2. The van der Waals surface area contributed by atoms with Crippen LogP contribution in [0.15, 0.2) is 39.1 Å². The molecule has 1 aliphatic rings. The molecule has 0 aromatic carbocycles. The van der Waals surface area contributed by atoms with Crippen molar-refractivity contribution in [1.29, 1.82) is 0 Å². The second kappa shape index (κ2) is 10.9. The van der Waals surface area contributed by atoms with Gasteiger partial charge < -0.3 is 15.0 Å². The van der Waals surface area contributed by atoms with Crippen LogP contribution in [-0.4, -0.2) is 44.1 Å². The molecule has 0 radical (unpaired) electrons. The van der Waals surface area contributed by atoms with E-state index in [2.05, 4.69) is 62.1 Å². The summed E-state index contributed by atoms with van der Waals surface area (Å²) in [5, 5.41) is 5.34. The first-order valence-electron chi connectivity index (χ1n) is 10.7. The zero-order valence-corrected chi connectivity index (χ0v) is 20.1. The maximum absolute atomic E-state index is 11.8. The van der Waals surface area contributed by atoms with Crippen LogP contribution in [0.1, 0.15) is 46.1 Å². The second-order valence-electron chi connectivity index (χ2n) is 8.22. The topological polar surface area (TPSA) is 78.8 Å². The van der Waals surface area contributed by atoms with Gasteiger partial charge in [0.05, 0.1) is 7.11 Å². The van der Waals surface area contributed by atoms with E-state index in [1.165, 1.54) is 12.7 Å². The van der Waals surface area contributed by atoms with Crippen LogP contribution in [0.2, 0.25) is 0 Å². The first-order chi connectivity index (χ1) is 14.7. The number of carbonyl (C=O) groups is 1. The summed E-state index contributed by atoms with van der Waals surface area (Å²) < 4.78 is 4.88.